The fourth-order valence-electron chi connectivity index (χ4n) is 4.66. The van der Waals surface area contributed by atoms with Gasteiger partial charge in [-0.15, -0.1) is 0 Å². The molecule has 3 fully saturated rings. The molecule has 0 bridgehead atoms. The molecule has 1 unspecified atom stereocenters. The van der Waals surface area contributed by atoms with E-state index in [1.54, 1.807) is 6.07 Å². The molecule has 2 aromatic rings. The molecule has 35 heavy (non-hydrogen) atoms. The summed E-state index contributed by atoms with van der Waals surface area (Å²) < 4.78 is 92.6. The highest BCUT2D eigenvalue weighted by Crippen LogP contribution is 2.39. The molecule has 2 aromatic carbocycles. The van der Waals surface area contributed by atoms with Gasteiger partial charge in [0.05, 0.1) is 24.4 Å². The Labute approximate surface area is 200 Å². The Kier molecular flexibility index (Phi) is 6.13. The number of nitrogens with zero attached hydrogens (tertiary/aromatic N) is 1. The van der Waals surface area contributed by atoms with E-state index in [1.165, 1.54) is 36.4 Å². The van der Waals surface area contributed by atoms with Crippen LogP contribution in [0.2, 0.25) is 0 Å². The van der Waals surface area contributed by atoms with Crippen LogP contribution in [0.5, 0.6) is 0 Å². The van der Waals surface area contributed by atoms with Crippen LogP contribution in [-0.2, 0) is 26.0 Å². The van der Waals surface area contributed by atoms with E-state index in [0.717, 1.165) is 4.90 Å². The molecule has 1 amide bonds. The van der Waals surface area contributed by atoms with E-state index in [-0.39, 0.29) is 23.1 Å². The summed E-state index contributed by atoms with van der Waals surface area (Å²) in [4.78, 5) is 13.8. The van der Waals surface area contributed by atoms with Crippen molar-refractivity contribution in [2.24, 2.45) is 0 Å². The number of benzene rings is 2. The molecule has 6 nitrogen and oxygen atoms in total. The van der Waals surface area contributed by atoms with Gasteiger partial charge in [0, 0.05) is 17.5 Å². The Bertz CT molecular complexity index is 1250. The van der Waals surface area contributed by atoms with Gasteiger partial charge in [-0.2, -0.15) is 0 Å². The second kappa shape index (κ2) is 8.86. The second-order valence-electron chi connectivity index (χ2n) is 9.25. The molecule has 0 aromatic heterocycles. The van der Waals surface area contributed by atoms with Crippen molar-refractivity contribution >= 4 is 15.9 Å². The molecule has 2 heterocycles. The Hall–Kier alpha value is -2.50. The van der Waals surface area contributed by atoms with Crippen LogP contribution in [0.15, 0.2) is 42.5 Å². The fourth-order valence-corrected chi connectivity index (χ4v) is 6.29. The first-order valence-electron chi connectivity index (χ1n) is 11.4. The van der Waals surface area contributed by atoms with Crippen LogP contribution < -0.4 is 4.72 Å². The lowest BCUT2D eigenvalue weighted by Crippen LogP contribution is -2.54. The zero-order valence-corrected chi connectivity index (χ0v) is 19.4. The summed E-state index contributed by atoms with van der Waals surface area (Å²) in [5, 5.41) is -0.750. The number of nitrogens with one attached hydrogen (secondary N) is 1. The molecular formula is C24H24F4N2O4S. The number of rotatable bonds is 7. The first kappa shape index (κ1) is 24.2. The third-order valence-electron chi connectivity index (χ3n) is 6.81. The molecule has 2 aliphatic heterocycles. The summed E-state index contributed by atoms with van der Waals surface area (Å²) in [6, 6.07) is 6.50. The molecule has 0 spiro atoms. The topological polar surface area (TPSA) is 75.7 Å². The average molecular weight is 513 g/mol. The van der Waals surface area contributed by atoms with Crippen LogP contribution in [0.3, 0.4) is 0 Å². The smallest absolute Gasteiger partial charge is 0.283 e. The van der Waals surface area contributed by atoms with E-state index in [2.05, 4.69) is 4.72 Å². The van der Waals surface area contributed by atoms with Gasteiger partial charge in [-0.3, -0.25) is 4.79 Å². The lowest BCUT2D eigenvalue weighted by atomic mass is 9.95. The quantitative estimate of drug-likeness (QED) is 0.578. The van der Waals surface area contributed by atoms with Crippen LogP contribution in [0.1, 0.15) is 24.8 Å². The number of alkyl halides is 2. The minimum atomic E-state index is -4.04. The molecule has 11 heteroatoms. The highest BCUT2D eigenvalue weighted by molar-refractivity contribution is 7.90. The van der Waals surface area contributed by atoms with Crippen molar-refractivity contribution in [1.29, 1.82) is 0 Å². The second-order valence-corrected chi connectivity index (χ2v) is 11.2. The number of hydrogen-bond acceptors (Lipinski definition) is 4. The fraction of sp³-hybridized carbons (Fsp3) is 0.458. The molecule has 2 saturated heterocycles. The molecular weight excluding hydrogens is 488 g/mol. The summed E-state index contributed by atoms with van der Waals surface area (Å²) in [6.07, 6.45) is -0.169. The van der Waals surface area contributed by atoms with Crippen LogP contribution >= 0.6 is 0 Å². The maximum absolute atomic E-state index is 15.5. The van der Waals surface area contributed by atoms with Gasteiger partial charge in [-0.25, -0.2) is 30.7 Å². The predicted molar refractivity (Wildman–Crippen MR) is 119 cm³/mol. The van der Waals surface area contributed by atoms with Crippen molar-refractivity contribution in [3.63, 3.8) is 0 Å². The zero-order chi connectivity index (χ0) is 25.0. The summed E-state index contributed by atoms with van der Waals surface area (Å²) in [7, 11) is -4.04. The summed E-state index contributed by atoms with van der Waals surface area (Å²) in [5.41, 5.74) is -0.0811. The number of ether oxygens (including phenoxy) is 1. The Morgan fingerprint density at radius 3 is 2.37 bits per heavy atom. The molecule has 0 radical (unpaired) electrons. The number of likely N-dealkylation sites (tertiary alicyclic amines) is 1. The number of amides is 1. The summed E-state index contributed by atoms with van der Waals surface area (Å²) >= 11 is 0. The molecule has 1 saturated carbocycles. The Morgan fingerprint density at radius 1 is 1.06 bits per heavy atom. The minimum absolute atomic E-state index is 0.00499. The third-order valence-corrected chi connectivity index (χ3v) is 8.74. The number of hydrogen-bond donors (Lipinski definition) is 1. The molecule has 3 atom stereocenters. The van der Waals surface area contributed by atoms with Crippen molar-refractivity contribution in [3.05, 3.63) is 59.7 Å². The largest absolute Gasteiger partial charge is 0.368 e. The number of sulfonamides is 1. The van der Waals surface area contributed by atoms with Gasteiger partial charge in [0.2, 0.25) is 10.0 Å². The van der Waals surface area contributed by atoms with Crippen molar-refractivity contribution in [2.75, 3.05) is 13.2 Å². The van der Waals surface area contributed by atoms with Gasteiger partial charge < -0.3 is 9.64 Å². The van der Waals surface area contributed by atoms with Crippen molar-refractivity contribution in [2.45, 2.75) is 55.0 Å². The molecule has 188 valence electrons. The van der Waals surface area contributed by atoms with Crippen molar-refractivity contribution < 1.29 is 35.5 Å². The highest BCUT2D eigenvalue weighted by atomic mass is 32.2. The highest BCUT2D eigenvalue weighted by Gasteiger charge is 2.59. The molecule has 1 N–H and O–H groups in total. The summed E-state index contributed by atoms with van der Waals surface area (Å²) in [5.74, 6) is -5.72. The number of carbonyl (C=O) groups is 1. The van der Waals surface area contributed by atoms with Gasteiger partial charge in [-0.05, 0) is 30.9 Å². The lowest BCUT2D eigenvalue weighted by molar-refractivity contribution is -0.158. The summed E-state index contributed by atoms with van der Waals surface area (Å²) in [6.45, 7) is -0.689. The Balaban J connectivity index is 1.51. The van der Waals surface area contributed by atoms with E-state index in [4.69, 9.17) is 4.74 Å². The Morgan fingerprint density at radius 2 is 1.74 bits per heavy atom. The van der Waals surface area contributed by atoms with Crippen LogP contribution in [0, 0.1) is 11.6 Å². The van der Waals surface area contributed by atoms with Crippen LogP contribution in [0.4, 0.5) is 17.6 Å². The molecule has 3 aliphatic rings. The van der Waals surface area contributed by atoms with E-state index in [9.17, 15) is 17.6 Å². The first-order chi connectivity index (χ1) is 16.6. The minimum Gasteiger partial charge on any atom is -0.368 e. The van der Waals surface area contributed by atoms with Gasteiger partial charge >= 0.3 is 0 Å². The van der Waals surface area contributed by atoms with Gasteiger partial charge in [0.25, 0.3) is 11.8 Å². The maximum atomic E-state index is 15.5. The monoisotopic (exact) mass is 512 g/mol. The van der Waals surface area contributed by atoms with E-state index in [1.807, 2.05) is 0 Å². The van der Waals surface area contributed by atoms with E-state index < -0.39 is 63.5 Å². The third kappa shape index (κ3) is 4.56. The van der Waals surface area contributed by atoms with Gasteiger partial charge in [-0.1, -0.05) is 36.4 Å². The number of carbonyl (C=O) groups excluding carboxylic acids is 1. The SMILES string of the molecule is O=C(C1CCO1)N1CC(F)(F)[C@H](NS(=O)(=O)C2CC2)[C@@H]1Cc1cccc(-c2ccccc2F)c1F. The van der Waals surface area contributed by atoms with Gasteiger partial charge in [0.15, 0.2) is 0 Å². The molecule has 1 aliphatic carbocycles. The van der Waals surface area contributed by atoms with Crippen molar-refractivity contribution in [3.8, 4) is 11.1 Å². The average Bonchev–Trinajstić information content (AvgIpc) is 3.58. The zero-order valence-electron chi connectivity index (χ0n) is 18.6. The first-order valence-corrected chi connectivity index (χ1v) is 13.0. The lowest BCUT2D eigenvalue weighted by Gasteiger charge is -2.34. The van der Waals surface area contributed by atoms with E-state index in [0.29, 0.717) is 25.9 Å². The number of halogens is 4. The van der Waals surface area contributed by atoms with Gasteiger partial charge in [0.1, 0.15) is 23.8 Å². The normalized spacial score (nSPS) is 25.9. The van der Waals surface area contributed by atoms with Crippen molar-refractivity contribution in [1.82, 2.24) is 9.62 Å². The predicted octanol–water partition coefficient (Wildman–Crippen LogP) is 3.26. The standard InChI is InChI=1S/C24H24F4N2O4S/c25-18-7-2-1-5-16(18)17-6-3-4-14(21(17)26)12-19-22(29-35(32,33)15-8-9-15)24(27,28)13-30(19)23(31)20-10-11-34-20/h1-7,15,19-20,22,29H,8-13H2/t19-,20?,22+/m0/s1. The maximum Gasteiger partial charge on any atom is 0.283 e. The molecule has 5 rings (SSSR count). The van der Waals surface area contributed by atoms with E-state index >= 15 is 13.2 Å². The van der Waals surface area contributed by atoms with Crippen LogP contribution in [-0.4, -0.2) is 61.7 Å². The van der Waals surface area contributed by atoms with Crippen LogP contribution in [0.25, 0.3) is 11.1 Å².